The standard InChI is InChI=1S/C17H19N3S/c1-12-4-5-13-9-14(6-7-16(13)20-12)17(10-18)19-11-15-3-2-8-21-15/h2-9,17,19H,10-11,18H2,1H3. The maximum absolute atomic E-state index is 5.94. The van der Waals surface area contributed by atoms with E-state index in [0.29, 0.717) is 6.54 Å². The Morgan fingerprint density at radius 2 is 2.14 bits per heavy atom. The monoisotopic (exact) mass is 297 g/mol. The molecule has 0 amide bonds. The van der Waals surface area contributed by atoms with Crippen molar-refractivity contribution in [1.82, 2.24) is 10.3 Å². The second-order valence-corrected chi connectivity index (χ2v) is 6.19. The van der Waals surface area contributed by atoms with Crippen LogP contribution in [0.5, 0.6) is 0 Å². The van der Waals surface area contributed by atoms with Crippen LogP contribution in [-0.2, 0) is 6.54 Å². The maximum Gasteiger partial charge on any atom is 0.0705 e. The van der Waals surface area contributed by atoms with Crippen molar-refractivity contribution in [2.75, 3.05) is 6.54 Å². The van der Waals surface area contributed by atoms with Crippen LogP contribution in [0, 0.1) is 6.92 Å². The molecule has 0 spiro atoms. The molecule has 0 saturated heterocycles. The zero-order chi connectivity index (χ0) is 14.7. The first-order valence-corrected chi connectivity index (χ1v) is 7.97. The van der Waals surface area contributed by atoms with Crippen LogP contribution >= 0.6 is 11.3 Å². The maximum atomic E-state index is 5.94. The van der Waals surface area contributed by atoms with Gasteiger partial charge in [-0.15, -0.1) is 11.3 Å². The van der Waals surface area contributed by atoms with E-state index in [9.17, 15) is 0 Å². The predicted octanol–water partition coefficient (Wildman–Crippen LogP) is 3.39. The predicted molar refractivity (Wildman–Crippen MR) is 89.4 cm³/mol. The molecule has 3 N–H and O–H groups in total. The molecule has 1 unspecified atom stereocenters. The summed E-state index contributed by atoms with van der Waals surface area (Å²) in [5, 5.41) is 6.79. The van der Waals surface area contributed by atoms with Gasteiger partial charge in [-0.25, -0.2) is 0 Å². The summed E-state index contributed by atoms with van der Waals surface area (Å²) < 4.78 is 0. The number of nitrogens with two attached hydrogens (primary N) is 1. The number of hydrogen-bond donors (Lipinski definition) is 2. The van der Waals surface area contributed by atoms with Crippen LogP contribution in [0.3, 0.4) is 0 Å². The lowest BCUT2D eigenvalue weighted by Crippen LogP contribution is -2.27. The number of rotatable bonds is 5. The van der Waals surface area contributed by atoms with E-state index < -0.39 is 0 Å². The molecule has 3 nitrogen and oxygen atoms in total. The number of aromatic nitrogens is 1. The van der Waals surface area contributed by atoms with Gasteiger partial charge in [0.05, 0.1) is 5.52 Å². The van der Waals surface area contributed by atoms with Crippen LogP contribution in [0.4, 0.5) is 0 Å². The molecular formula is C17H19N3S. The molecule has 2 heterocycles. The molecule has 0 aliphatic heterocycles. The zero-order valence-corrected chi connectivity index (χ0v) is 12.9. The van der Waals surface area contributed by atoms with Crippen LogP contribution in [0.1, 0.15) is 22.2 Å². The Hall–Kier alpha value is -1.75. The summed E-state index contributed by atoms with van der Waals surface area (Å²) in [5.74, 6) is 0. The molecule has 3 aromatic rings. The van der Waals surface area contributed by atoms with Gasteiger partial charge in [-0.05, 0) is 42.1 Å². The van der Waals surface area contributed by atoms with Crippen LogP contribution < -0.4 is 11.1 Å². The van der Waals surface area contributed by atoms with Crippen molar-refractivity contribution in [2.45, 2.75) is 19.5 Å². The molecule has 108 valence electrons. The van der Waals surface area contributed by atoms with Crippen LogP contribution in [0.25, 0.3) is 10.9 Å². The Morgan fingerprint density at radius 3 is 2.90 bits per heavy atom. The smallest absolute Gasteiger partial charge is 0.0705 e. The zero-order valence-electron chi connectivity index (χ0n) is 12.0. The average Bonchev–Trinajstić information content (AvgIpc) is 3.01. The Kier molecular flexibility index (Phi) is 4.29. The van der Waals surface area contributed by atoms with E-state index in [4.69, 9.17) is 5.73 Å². The van der Waals surface area contributed by atoms with Crippen LogP contribution in [0.2, 0.25) is 0 Å². The van der Waals surface area contributed by atoms with Crippen LogP contribution in [0.15, 0.2) is 47.8 Å². The van der Waals surface area contributed by atoms with Gasteiger partial charge in [0.1, 0.15) is 0 Å². The van der Waals surface area contributed by atoms with Crippen molar-refractivity contribution >= 4 is 22.2 Å². The number of thiophene rings is 1. The minimum Gasteiger partial charge on any atom is -0.329 e. The molecule has 0 aliphatic rings. The van der Waals surface area contributed by atoms with Crippen molar-refractivity contribution in [3.05, 3.63) is 64.0 Å². The van der Waals surface area contributed by atoms with Gasteiger partial charge in [0, 0.05) is 35.1 Å². The first-order valence-electron chi connectivity index (χ1n) is 7.09. The van der Waals surface area contributed by atoms with E-state index in [2.05, 4.69) is 52.1 Å². The van der Waals surface area contributed by atoms with Gasteiger partial charge in [-0.2, -0.15) is 0 Å². The molecule has 21 heavy (non-hydrogen) atoms. The number of pyridine rings is 1. The van der Waals surface area contributed by atoms with E-state index in [1.807, 2.05) is 13.0 Å². The van der Waals surface area contributed by atoms with E-state index in [1.165, 1.54) is 10.4 Å². The first-order chi connectivity index (χ1) is 10.3. The van der Waals surface area contributed by atoms with E-state index >= 15 is 0 Å². The van der Waals surface area contributed by atoms with Crippen LogP contribution in [-0.4, -0.2) is 11.5 Å². The highest BCUT2D eigenvalue weighted by molar-refractivity contribution is 7.09. The lowest BCUT2D eigenvalue weighted by Gasteiger charge is -2.17. The van der Waals surface area contributed by atoms with Crippen molar-refractivity contribution in [2.24, 2.45) is 5.73 Å². The Balaban J connectivity index is 1.81. The number of benzene rings is 1. The number of aryl methyl sites for hydroxylation is 1. The third-order valence-electron chi connectivity index (χ3n) is 3.59. The third-order valence-corrected chi connectivity index (χ3v) is 4.47. The summed E-state index contributed by atoms with van der Waals surface area (Å²) in [6.07, 6.45) is 0. The van der Waals surface area contributed by atoms with Gasteiger partial charge in [-0.3, -0.25) is 4.98 Å². The van der Waals surface area contributed by atoms with Gasteiger partial charge in [0.15, 0.2) is 0 Å². The minimum absolute atomic E-state index is 0.165. The lowest BCUT2D eigenvalue weighted by molar-refractivity contribution is 0.545. The molecule has 1 atom stereocenters. The Labute approximate surface area is 128 Å². The fourth-order valence-electron chi connectivity index (χ4n) is 2.44. The minimum atomic E-state index is 0.165. The summed E-state index contributed by atoms with van der Waals surface area (Å²) in [7, 11) is 0. The van der Waals surface area contributed by atoms with Gasteiger partial charge >= 0.3 is 0 Å². The number of fused-ring (bicyclic) bond motifs is 1. The highest BCUT2D eigenvalue weighted by Crippen LogP contribution is 2.20. The molecule has 2 aromatic heterocycles. The number of hydrogen-bond acceptors (Lipinski definition) is 4. The third kappa shape index (κ3) is 3.29. The lowest BCUT2D eigenvalue weighted by atomic mass is 10.0. The summed E-state index contributed by atoms with van der Waals surface area (Å²) in [6, 6.07) is 14.9. The summed E-state index contributed by atoms with van der Waals surface area (Å²) in [6.45, 7) is 3.44. The number of nitrogens with zero attached hydrogens (tertiary/aromatic N) is 1. The second kappa shape index (κ2) is 6.35. The molecule has 4 heteroatoms. The quantitative estimate of drug-likeness (QED) is 0.759. The molecule has 3 rings (SSSR count). The fourth-order valence-corrected chi connectivity index (χ4v) is 3.09. The van der Waals surface area contributed by atoms with Gasteiger partial charge in [0.25, 0.3) is 0 Å². The molecule has 0 bridgehead atoms. The van der Waals surface area contributed by atoms with E-state index in [0.717, 1.165) is 23.1 Å². The van der Waals surface area contributed by atoms with Gasteiger partial charge in [-0.1, -0.05) is 18.2 Å². The summed E-state index contributed by atoms with van der Waals surface area (Å²) >= 11 is 1.76. The SMILES string of the molecule is Cc1ccc2cc(C(CN)NCc3cccs3)ccc2n1. The van der Waals surface area contributed by atoms with Crippen molar-refractivity contribution in [1.29, 1.82) is 0 Å². The first kappa shape index (κ1) is 14.2. The molecular weight excluding hydrogens is 278 g/mol. The van der Waals surface area contributed by atoms with Crippen molar-refractivity contribution in [3.8, 4) is 0 Å². The highest BCUT2D eigenvalue weighted by atomic mass is 32.1. The molecule has 0 aliphatic carbocycles. The number of nitrogens with one attached hydrogen (secondary N) is 1. The molecule has 0 radical (unpaired) electrons. The molecule has 0 saturated carbocycles. The second-order valence-electron chi connectivity index (χ2n) is 5.15. The van der Waals surface area contributed by atoms with Crippen molar-refractivity contribution in [3.63, 3.8) is 0 Å². The fraction of sp³-hybridized carbons (Fsp3) is 0.235. The topological polar surface area (TPSA) is 50.9 Å². The Morgan fingerprint density at radius 1 is 1.24 bits per heavy atom. The molecule has 1 aromatic carbocycles. The average molecular weight is 297 g/mol. The van der Waals surface area contributed by atoms with E-state index in [-0.39, 0.29) is 6.04 Å². The van der Waals surface area contributed by atoms with Gasteiger partial charge in [0.2, 0.25) is 0 Å². The summed E-state index contributed by atoms with van der Waals surface area (Å²) in [4.78, 5) is 5.86. The largest absolute Gasteiger partial charge is 0.329 e. The Bertz CT molecular complexity index is 722. The summed E-state index contributed by atoms with van der Waals surface area (Å²) in [5.41, 5.74) is 9.23. The van der Waals surface area contributed by atoms with E-state index in [1.54, 1.807) is 11.3 Å². The molecule has 0 fully saturated rings. The normalized spacial score (nSPS) is 12.7. The van der Waals surface area contributed by atoms with Gasteiger partial charge < -0.3 is 11.1 Å². The highest BCUT2D eigenvalue weighted by Gasteiger charge is 2.10. The van der Waals surface area contributed by atoms with Crippen molar-refractivity contribution < 1.29 is 0 Å².